The number of rotatable bonds is 7. The molecule has 0 spiro atoms. The average molecular weight is 342 g/mol. The van der Waals surface area contributed by atoms with Crippen LogP contribution in [0, 0.1) is 13.8 Å². The number of hydrogen-bond acceptors (Lipinski definition) is 5. The van der Waals surface area contributed by atoms with Crippen molar-refractivity contribution in [3.63, 3.8) is 0 Å². The van der Waals surface area contributed by atoms with E-state index in [0.29, 0.717) is 17.1 Å². The van der Waals surface area contributed by atoms with Crippen molar-refractivity contribution in [2.45, 2.75) is 13.8 Å². The van der Waals surface area contributed by atoms with Crippen LogP contribution in [0.5, 0.6) is 11.5 Å². The number of methoxy groups -OCH3 is 2. The van der Waals surface area contributed by atoms with E-state index in [2.05, 4.69) is 10.5 Å². The molecule has 2 aromatic carbocycles. The van der Waals surface area contributed by atoms with E-state index in [-0.39, 0.29) is 12.5 Å². The van der Waals surface area contributed by atoms with Gasteiger partial charge in [0, 0.05) is 11.3 Å². The molecule has 25 heavy (non-hydrogen) atoms. The topological polar surface area (TPSA) is 69.2 Å². The Balaban J connectivity index is 1.92. The fraction of sp³-hybridized carbons (Fsp3) is 0.263. The molecule has 0 aliphatic carbocycles. The smallest absolute Gasteiger partial charge is 0.265 e. The van der Waals surface area contributed by atoms with Gasteiger partial charge in [-0.1, -0.05) is 28.9 Å². The molecule has 0 aliphatic rings. The number of carbonyl (C=O) groups is 1. The van der Waals surface area contributed by atoms with Crippen molar-refractivity contribution in [1.82, 2.24) is 0 Å². The monoisotopic (exact) mass is 342 g/mol. The maximum absolute atomic E-state index is 11.9. The first-order valence-corrected chi connectivity index (χ1v) is 7.78. The van der Waals surface area contributed by atoms with Crippen LogP contribution in [0.25, 0.3) is 0 Å². The quantitative estimate of drug-likeness (QED) is 0.619. The van der Waals surface area contributed by atoms with Crippen LogP contribution in [0.4, 0.5) is 5.69 Å². The van der Waals surface area contributed by atoms with Crippen LogP contribution in [0.2, 0.25) is 0 Å². The summed E-state index contributed by atoms with van der Waals surface area (Å²) in [4.78, 5) is 17.0. The zero-order valence-corrected chi connectivity index (χ0v) is 14.8. The van der Waals surface area contributed by atoms with Crippen molar-refractivity contribution in [3.05, 3.63) is 53.1 Å². The van der Waals surface area contributed by atoms with Crippen LogP contribution in [0.3, 0.4) is 0 Å². The third kappa shape index (κ3) is 4.97. The Morgan fingerprint density at radius 3 is 2.64 bits per heavy atom. The van der Waals surface area contributed by atoms with Gasteiger partial charge in [0.2, 0.25) is 0 Å². The van der Waals surface area contributed by atoms with Crippen molar-refractivity contribution >= 4 is 17.8 Å². The Morgan fingerprint density at radius 1 is 1.16 bits per heavy atom. The molecule has 6 heteroatoms. The van der Waals surface area contributed by atoms with Gasteiger partial charge in [0.25, 0.3) is 5.91 Å². The molecule has 0 heterocycles. The summed E-state index contributed by atoms with van der Waals surface area (Å²) >= 11 is 0. The lowest BCUT2D eigenvalue weighted by Crippen LogP contribution is -2.17. The second kappa shape index (κ2) is 8.73. The van der Waals surface area contributed by atoms with Crippen molar-refractivity contribution < 1.29 is 19.1 Å². The maximum atomic E-state index is 11.9. The number of benzene rings is 2. The van der Waals surface area contributed by atoms with Gasteiger partial charge in [0.1, 0.15) is 0 Å². The molecule has 2 aromatic rings. The Morgan fingerprint density at radius 2 is 1.96 bits per heavy atom. The minimum absolute atomic E-state index is 0.184. The predicted octanol–water partition coefficient (Wildman–Crippen LogP) is 3.31. The number of anilines is 1. The summed E-state index contributed by atoms with van der Waals surface area (Å²) in [5.41, 5.74) is 3.59. The highest BCUT2D eigenvalue weighted by molar-refractivity contribution is 5.92. The predicted molar refractivity (Wildman–Crippen MR) is 97.6 cm³/mol. The number of carbonyl (C=O) groups excluding carboxylic acids is 1. The number of ether oxygens (including phenoxy) is 2. The molecule has 0 bridgehead atoms. The maximum Gasteiger partial charge on any atom is 0.265 e. The highest BCUT2D eigenvalue weighted by Crippen LogP contribution is 2.29. The minimum atomic E-state index is -0.276. The molecular weight excluding hydrogens is 320 g/mol. The van der Waals surface area contributed by atoms with E-state index in [1.807, 2.05) is 44.2 Å². The van der Waals surface area contributed by atoms with Gasteiger partial charge in [0.15, 0.2) is 18.1 Å². The van der Waals surface area contributed by atoms with Crippen molar-refractivity contribution in [1.29, 1.82) is 0 Å². The molecule has 6 nitrogen and oxygen atoms in total. The minimum Gasteiger partial charge on any atom is -0.493 e. The Kier molecular flexibility index (Phi) is 6.39. The lowest BCUT2D eigenvalue weighted by Gasteiger charge is -2.09. The molecule has 0 aliphatic heterocycles. The molecular formula is C19H22N2O4. The van der Waals surface area contributed by atoms with E-state index in [1.165, 1.54) is 6.21 Å². The number of nitrogens with one attached hydrogen (secondary N) is 1. The van der Waals surface area contributed by atoms with E-state index in [0.717, 1.165) is 16.8 Å². The summed E-state index contributed by atoms with van der Waals surface area (Å²) in [5, 5.41) is 6.62. The number of amides is 1. The molecule has 0 saturated heterocycles. The molecule has 0 fully saturated rings. The summed E-state index contributed by atoms with van der Waals surface area (Å²) in [7, 11) is 3.11. The number of oxime groups is 1. The summed E-state index contributed by atoms with van der Waals surface area (Å²) in [6, 6.07) is 11.2. The van der Waals surface area contributed by atoms with Gasteiger partial charge in [-0.3, -0.25) is 4.79 Å². The van der Waals surface area contributed by atoms with Crippen molar-refractivity contribution in [3.8, 4) is 11.5 Å². The average Bonchev–Trinajstić information content (AvgIpc) is 2.60. The second-order valence-electron chi connectivity index (χ2n) is 5.46. The van der Waals surface area contributed by atoms with Crippen LogP contribution in [-0.2, 0) is 9.63 Å². The standard InChI is InChI=1S/C19H22N2O4/c1-13-8-9-16(14(2)10-13)21-18(22)12-25-20-11-15-6-5-7-17(23-3)19(15)24-4/h5-11H,12H2,1-4H3,(H,21,22)/b20-11-. The van der Waals surface area contributed by atoms with Gasteiger partial charge < -0.3 is 19.6 Å². The SMILES string of the molecule is COc1cccc(/C=N\OCC(=O)Nc2ccc(C)cc2C)c1OC. The molecule has 0 saturated carbocycles. The lowest BCUT2D eigenvalue weighted by molar-refractivity contribution is -0.120. The molecule has 2 rings (SSSR count). The summed E-state index contributed by atoms with van der Waals surface area (Å²) in [6.45, 7) is 3.76. The summed E-state index contributed by atoms with van der Waals surface area (Å²) in [6.07, 6.45) is 1.48. The summed E-state index contributed by atoms with van der Waals surface area (Å²) < 4.78 is 10.5. The molecule has 1 N–H and O–H groups in total. The van der Waals surface area contributed by atoms with Crippen LogP contribution >= 0.6 is 0 Å². The first kappa shape index (κ1) is 18.3. The fourth-order valence-corrected chi connectivity index (χ4v) is 2.34. The normalized spacial score (nSPS) is 10.6. The van der Waals surface area contributed by atoms with Gasteiger partial charge >= 0.3 is 0 Å². The molecule has 0 radical (unpaired) electrons. The van der Waals surface area contributed by atoms with E-state index >= 15 is 0 Å². The van der Waals surface area contributed by atoms with E-state index in [4.69, 9.17) is 14.3 Å². The zero-order chi connectivity index (χ0) is 18.2. The van der Waals surface area contributed by atoms with E-state index in [1.54, 1.807) is 20.3 Å². The van der Waals surface area contributed by atoms with Gasteiger partial charge in [0.05, 0.1) is 20.4 Å². The van der Waals surface area contributed by atoms with Crippen LogP contribution < -0.4 is 14.8 Å². The Hall–Kier alpha value is -3.02. The molecule has 0 unspecified atom stereocenters. The third-order valence-electron chi connectivity index (χ3n) is 3.55. The first-order valence-electron chi connectivity index (χ1n) is 7.78. The highest BCUT2D eigenvalue weighted by atomic mass is 16.6. The largest absolute Gasteiger partial charge is 0.493 e. The second-order valence-corrected chi connectivity index (χ2v) is 5.46. The third-order valence-corrected chi connectivity index (χ3v) is 3.55. The first-order chi connectivity index (χ1) is 12.0. The zero-order valence-electron chi connectivity index (χ0n) is 14.8. The van der Waals surface area contributed by atoms with Crippen LogP contribution in [0.1, 0.15) is 16.7 Å². The Bertz CT molecular complexity index is 772. The van der Waals surface area contributed by atoms with Gasteiger partial charge in [-0.15, -0.1) is 0 Å². The van der Waals surface area contributed by atoms with Gasteiger partial charge in [-0.2, -0.15) is 0 Å². The fourth-order valence-electron chi connectivity index (χ4n) is 2.34. The van der Waals surface area contributed by atoms with E-state index in [9.17, 15) is 4.79 Å². The van der Waals surface area contributed by atoms with Crippen LogP contribution in [-0.4, -0.2) is 32.9 Å². The summed E-state index contributed by atoms with van der Waals surface area (Å²) in [5.74, 6) is 0.873. The lowest BCUT2D eigenvalue weighted by atomic mass is 10.1. The highest BCUT2D eigenvalue weighted by Gasteiger charge is 2.08. The molecule has 0 atom stereocenters. The number of para-hydroxylation sites is 1. The van der Waals surface area contributed by atoms with E-state index < -0.39 is 0 Å². The van der Waals surface area contributed by atoms with Crippen molar-refractivity contribution in [2.75, 3.05) is 26.1 Å². The number of nitrogens with zero attached hydrogens (tertiary/aromatic N) is 1. The molecule has 1 amide bonds. The Labute approximate surface area is 147 Å². The molecule has 132 valence electrons. The van der Waals surface area contributed by atoms with Crippen molar-refractivity contribution in [2.24, 2.45) is 5.16 Å². The van der Waals surface area contributed by atoms with Gasteiger partial charge in [-0.25, -0.2) is 0 Å². The number of aryl methyl sites for hydroxylation is 2. The van der Waals surface area contributed by atoms with Crippen LogP contribution in [0.15, 0.2) is 41.6 Å². The molecule has 0 aromatic heterocycles. The van der Waals surface area contributed by atoms with Gasteiger partial charge in [-0.05, 0) is 37.6 Å². The number of hydrogen-bond donors (Lipinski definition) is 1.